The molecule has 1 fully saturated rings. The van der Waals surface area contributed by atoms with Crippen LogP contribution in [0.15, 0.2) is 67.0 Å². The second kappa shape index (κ2) is 7.48. The topological polar surface area (TPSA) is 36.4 Å². The first-order chi connectivity index (χ1) is 12.3. The van der Waals surface area contributed by atoms with Gasteiger partial charge in [0, 0.05) is 47.7 Å². The number of aliphatic hydroxyl groups is 1. The molecule has 2 aromatic heterocycles. The normalized spacial score (nSPS) is 20.8. The summed E-state index contributed by atoms with van der Waals surface area (Å²) in [7, 11) is 0. The van der Waals surface area contributed by atoms with Crippen LogP contribution < -0.4 is 0 Å². The molecule has 3 heterocycles. The van der Waals surface area contributed by atoms with Crippen LogP contribution in [0.1, 0.15) is 10.4 Å². The van der Waals surface area contributed by atoms with Crippen molar-refractivity contribution in [1.82, 2.24) is 9.88 Å². The minimum absolute atomic E-state index is 0.248. The molecular weight excluding hydrogens is 328 g/mol. The zero-order chi connectivity index (χ0) is 17.1. The summed E-state index contributed by atoms with van der Waals surface area (Å²) < 4.78 is 0. The van der Waals surface area contributed by atoms with Crippen LogP contribution in [0, 0.1) is 5.92 Å². The number of hydrogen-bond acceptors (Lipinski definition) is 4. The zero-order valence-electron chi connectivity index (χ0n) is 14.1. The zero-order valence-corrected chi connectivity index (χ0v) is 14.9. The molecule has 0 unspecified atom stereocenters. The van der Waals surface area contributed by atoms with Gasteiger partial charge in [-0.15, -0.1) is 11.3 Å². The Hall–Kier alpha value is -2.01. The largest absolute Gasteiger partial charge is 0.391 e. The van der Waals surface area contributed by atoms with E-state index in [-0.39, 0.29) is 6.10 Å². The lowest BCUT2D eigenvalue weighted by Gasteiger charge is -2.14. The highest BCUT2D eigenvalue weighted by Gasteiger charge is 2.31. The Morgan fingerprint density at radius 3 is 2.60 bits per heavy atom. The van der Waals surface area contributed by atoms with E-state index in [2.05, 4.69) is 46.3 Å². The number of β-amino-alcohol motifs (C(OH)–C–C–N with tert-alkyl or cyclic N) is 1. The van der Waals surface area contributed by atoms with Crippen LogP contribution in [0.25, 0.3) is 10.4 Å². The molecule has 0 aliphatic carbocycles. The lowest BCUT2D eigenvalue weighted by atomic mass is 9.97. The number of likely N-dealkylation sites (tertiary alicyclic amines) is 1. The Morgan fingerprint density at radius 2 is 1.80 bits per heavy atom. The van der Waals surface area contributed by atoms with Crippen LogP contribution in [-0.4, -0.2) is 34.2 Å². The van der Waals surface area contributed by atoms with Gasteiger partial charge >= 0.3 is 0 Å². The Kier molecular flexibility index (Phi) is 4.92. The molecule has 4 heteroatoms. The highest BCUT2D eigenvalue weighted by molar-refractivity contribution is 7.15. The van der Waals surface area contributed by atoms with Gasteiger partial charge in [0.2, 0.25) is 0 Å². The average molecular weight is 350 g/mol. The van der Waals surface area contributed by atoms with Crippen LogP contribution in [0.4, 0.5) is 0 Å². The third kappa shape index (κ3) is 3.98. The molecule has 1 N–H and O–H groups in total. The summed E-state index contributed by atoms with van der Waals surface area (Å²) in [6, 6.07) is 19.0. The Morgan fingerprint density at radius 1 is 1.00 bits per heavy atom. The molecule has 3 aromatic rings. The Labute approximate surface area is 152 Å². The fraction of sp³-hybridized carbons (Fsp3) is 0.286. The van der Waals surface area contributed by atoms with Crippen molar-refractivity contribution in [1.29, 1.82) is 0 Å². The van der Waals surface area contributed by atoms with E-state index in [1.165, 1.54) is 20.9 Å². The van der Waals surface area contributed by atoms with Crippen LogP contribution in [0.5, 0.6) is 0 Å². The van der Waals surface area contributed by atoms with E-state index in [1.807, 2.05) is 41.9 Å². The fourth-order valence-corrected chi connectivity index (χ4v) is 4.59. The number of pyridine rings is 1. The van der Waals surface area contributed by atoms with Gasteiger partial charge in [-0.1, -0.05) is 30.3 Å². The predicted octanol–water partition coefficient (Wildman–Crippen LogP) is 3.85. The van der Waals surface area contributed by atoms with E-state index in [9.17, 15) is 5.11 Å². The van der Waals surface area contributed by atoms with E-state index in [1.54, 1.807) is 0 Å². The summed E-state index contributed by atoms with van der Waals surface area (Å²) in [5.74, 6) is 0.302. The number of aromatic nitrogens is 1. The molecule has 1 aliphatic rings. The maximum Gasteiger partial charge on any atom is 0.0710 e. The quantitative estimate of drug-likeness (QED) is 0.759. The first-order valence-electron chi connectivity index (χ1n) is 8.71. The molecule has 1 aliphatic heterocycles. The summed E-state index contributed by atoms with van der Waals surface area (Å²) in [6.45, 7) is 2.62. The maximum absolute atomic E-state index is 10.4. The van der Waals surface area contributed by atoms with Gasteiger partial charge in [0.25, 0.3) is 0 Å². The van der Waals surface area contributed by atoms with Crippen molar-refractivity contribution in [3.05, 3.63) is 77.4 Å². The molecule has 0 saturated carbocycles. The minimum Gasteiger partial charge on any atom is -0.391 e. The highest BCUT2D eigenvalue weighted by atomic mass is 32.1. The predicted molar refractivity (Wildman–Crippen MR) is 102 cm³/mol. The third-order valence-electron chi connectivity index (χ3n) is 4.83. The monoisotopic (exact) mass is 350 g/mol. The lowest BCUT2D eigenvalue weighted by Crippen LogP contribution is -2.20. The minimum atomic E-state index is -0.248. The smallest absolute Gasteiger partial charge is 0.0710 e. The summed E-state index contributed by atoms with van der Waals surface area (Å²) >= 11 is 1.85. The molecule has 128 valence electrons. The Bertz CT molecular complexity index is 803. The number of hydrogen-bond donors (Lipinski definition) is 1. The number of rotatable bonds is 5. The van der Waals surface area contributed by atoms with Crippen LogP contribution in [-0.2, 0) is 13.0 Å². The maximum atomic E-state index is 10.4. The number of thiophene rings is 1. The van der Waals surface area contributed by atoms with E-state index in [0.717, 1.165) is 26.1 Å². The van der Waals surface area contributed by atoms with Gasteiger partial charge in [-0.05, 0) is 41.8 Å². The first-order valence-corrected chi connectivity index (χ1v) is 9.53. The van der Waals surface area contributed by atoms with Gasteiger partial charge in [-0.2, -0.15) is 0 Å². The molecule has 3 nitrogen and oxygen atoms in total. The first kappa shape index (κ1) is 16.5. The summed E-state index contributed by atoms with van der Waals surface area (Å²) in [6.07, 6.45) is 4.32. The van der Waals surface area contributed by atoms with Gasteiger partial charge in [-0.3, -0.25) is 9.88 Å². The number of aliphatic hydroxyl groups excluding tert-OH is 1. The van der Waals surface area contributed by atoms with Gasteiger partial charge in [0.15, 0.2) is 0 Å². The standard InChI is InChI=1S/C21H22N2OS/c24-20-15-23(13-18(20)12-16-8-10-22-11-9-16)14-19-6-7-21(25-19)17-4-2-1-3-5-17/h1-11,18,20,24H,12-15H2/t18-,20+/m1/s1. The second-order valence-corrected chi connectivity index (χ2v) is 7.88. The molecule has 0 radical (unpaired) electrons. The van der Waals surface area contributed by atoms with Crippen molar-refractivity contribution in [3.8, 4) is 10.4 Å². The van der Waals surface area contributed by atoms with Crippen LogP contribution >= 0.6 is 11.3 Å². The van der Waals surface area contributed by atoms with Gasteiger partial charge in [0.1, 0.15) is 0 Å². The van der Waals surface area contributed by atoms with E-state index < -0.39 is 0 Å². The van der Waals surface area contributed by atoms with E-state index in [0.29, 0.717) is 5.92 Å². The van der Waals surface area contributed by atoms with Gasteiger partial charge in [0.05, 0.1) is 6.10 Å². The summed E-state index contributed by atoms with van der Waals surface area (Å²) in [5, 5.41) is 10.4. The lowest BCUT2D eigenvalue weighted by molar-refractivity contribution is 0.141. The summed E-state index contributed by atoms with van der Waals surface area (Å²) in [4.78, 5) is 9.10. The molecule has 0 amide bonds. The average Bonchev–Trinajstić information content (AvgIpc) is 3.24. The fourth-order valence-electron chi connectivity index (χ4n) is 3.53. The molecule has 0 bridgehead atoms. The van der Waals surface area contributed by atoms with Crippen LogP contribution in [0.2, 0.25) is 0 Å². The SMILES string of the molecule is O[C@H]1CN(Cc2ccc(-c3ccccc3)s2)C[C@H]1Cc1ccncc1. The molecule has 2 atom stereocenters. The van der Waals surface area contributed by atoms with Crippen molar-refractivity contribution in [2.75, 3.05) is 13.1 Å². The summed E-state index contributed by atoms with van der Waals surface area (Å²) in [5.41, 5.74) is 2.53. The molecule has 0 spiro atoms. The molecule has 1 aromatic carbocycles. The van der Waals surface area contributed by atoms with Gasteiger partial charge in [-0.25, -0.2) is 0 Å². The molecule has 4 rings (SSSR count). The number of benzene rings is 1. The van der Waals surface area contributed by atoms with Crippen LogP contribution in [0.3, 0.4) is 0 Å². The number of nitrogens with zero attached hydrogens (tertiary/aromatic N) is 2. The van der Waals surface area contributed by atoms with E-state index in [4.69, 9.17) is 0 Å². The second-order valence-electron chi connectivity index (χ2n) is 6.71. The Balaban J connectivity index is 1.38. The molecule has 1 saturated heterocycles. The van der Waals surface area contributed by atoms with Crippen molar-refractivity contribution < 1.29 is 5.11 Å². The van der Waals surface area contributed by atoms with Gasteiger partial charge < -0.3 is 5.11 Å². The van der Waals surface area contributed by atoms with Crippen molar-refractivity contribution in [2.45, 2.75) is 19.1 Å². The van der Waals surface area contributed by atoms with Crippen molar-refractivity contribution >= 4 is 11.3 Å². The van der Waals surface area contributed by atoms with Crippen molar-refractivity contribution in [3.63, 3.8) is 0 Å². The molecule has 25 heavy (non-hydrogen) atoms. The molecular formula is C21H22N2OS. The highest BCUT2D eigenvalue weighted by Crippen LogP contribution is 2.30. The van der Waals surface area contributed by atoms with Crippen molar-refractivity contribution in [2.24, 2.45) is 5.92 Å². The third-order valence-corrected chi connectivity index (χ3v) is 5.95. The van der Waals surface area contributed by atoms with E-state index >= 15 is 0 Å².